The molecule has 0 radical (unpaired) electrons. The van der Waals surface area contributed by atoms with Gasteiger partial charge in [0.05, 0.1) is 7.11 Å². The number of carbonyl (C=O) groups is 1. The van der Waals surface area contributed by atoms with Crippen LogP contribution in [-0.4, -0.2) is 60.9 Å². The van der Waals surface area contributed by atoms with Gasteiger partial charge < -0.3 is 15.2 Å². The van der Waals surface area contributed by atoms with Crippen LogP contribution < -0.4 is 5.32 Å². The monoisotopic (exact) mass is 244 g/mol. The van der Waals surface area contributed by atoms with Gasteiger partial charge in [0, 0.05) is 12.6 Å². The van der Waals surface area contributed by atoms with E-state index in [-0.39, 0.29) is 0 Å². The molecule has 1 atom stereocenters. The molecule has 0 aromatic carbocycles. The molecule has 1 heterocycles. The second-order valence-electron chi connectivity index (χ2n) is 4.81. The molecular weight excluding hydrogens is 220 g/mol. The van der Waals surface area contributed by atoms with Gasteiger partial charge in [0.2, 0.25) is 0 Å². The Bertz CT molecular complexity index is 250. The third kappa shape index (κ3) is 3.94. The SMILES string of the molecule is CCN(CC(C)(O)C(=O)OC)C1CCNCC1. The molecule has 2 N–H and O–H groups in total. The molecule has 17 heavy (non-hydrogen) atoms. The average molecular weight is 244 g/mol. The smallest absolute Gasteiger partial charge is 0.338 e. The second kappa shape index (κ2) is 6.33. The predicted octanol–water partition coefficient (Wildman–Crippen LogP) is -0.0157. The van der Waals surface area contributed by atoms with Gasteiger partial charge in [-0.15, -0.1) is 0 Å². The second-order valence-corrected chi connectivity index (χ2v) is 4.81. The Morgan fingerprint density at radius 3 is 2.59 bits per heavy atom. The highest BCUT2D eigenvalue weighted by molar-refractivity contribution is 5.78. The van der Waals surface area contributed by atoms with Crippen molar-refractivity contribution in [3.63, 3.8) is 0 Å². The van der Waals surface area contributed by atoms with E-state index in [0.717, 1.165) is 32.5 Å². The van der Waals surface area contributed by atoms with Gasteiger partial charge in [-0.25, -0.2) is 4.79 Å². The standard InChI is InChI=1S/C12H24N2O3/c1-4-14(10-5-7-13-8-6-10)9-12(2,16)11(15)17-3/h10,13,16H,4-9H2,1-3H3. The van der Waals surface area contributed by atoms with E-state index in [9.17, 15) is 9.90 Å². The molecule has 5 heteroatoms. The van der Waals surface area contributed by atoms with Crippen LogP contribution in [0.1, 0.15) is 26.7 Å². The molecule has 0 spiro atoms. The van der Waals surface area contributed by atoms with Crippen molar-refractivity contribution in [1.82, 2.24) is 10.2 Å². The van der Waals surface area contributed by atoms with Crippen LogP contribution in [-0.2, 0) is 9.53 Å². The van der Waals surface area contributed by atoms with Crippen molar-refractivity contribution < 1.29 is 14.6 Å². The molecule has 5 nitrogen and oxygen atoms in total. The van der Waals surface area contributed by atoms with Crippen LogP contribution in [0.4, 0.5) is 0 Å². The summed E-state index contributed by atoms with van der Waals surface area (Å²) in [5, 5.41) is 13.4. The third-order valence-electron chi connectivity index (χ3n) is 3.37. The number of methoxy groups -OCH3 is 1. The van der Waals surface area contributed by atoms with Crippen molar-refractivity contribution in [1.29, 1.82) is 0 Å². The van der Waals surface area contributed by atoms with Crippen LogP contribution in [0.15, 0.2) is 0 Å². The molecule has 1 fully saturated rings. The molecule has 0 aromatic heterocycles. The molecule has 1 rings (SSSR count). The van der Waals surface area contributed by atoms with Gasteiger partial charge in [-0.2, -0.15) is 0 Å². The van der Waals surface area contributed by atoms with Crippen molar-refractivity contribution in [2.75, 3.05) is 33.3 Å². The van der Waals surface area contributed by atoms with Crippen LogP contribution >= 0.6 is 0 Å². The molecule has 1 aliphatic rings. The highest BCUT2D eigenvalue weighted by Gasteiger charge is 2.35. The van der Waals surface area contributed by atoms with Gasteiger partial charge in [-0.3, -0.25) is 4.90 Å². The van der Waals surface area contributed by atoms with E-state index in [0.29, 0.717) is 12.6 Å². The van der Waals surface area contributed by atoms with Gasteiger partial charge in [-0.05, 0) is 39.4 Å². The summed E-state index contributed by atoms with van der Waals surface area (Å²) in [6.07, 6.45) is 2.12. The zero-order valence-electron chi connectivity index (χ0n) is 11.0. The molecule has 0 aromatic rings. The van der Waals surface area contributed by atoms with Crippen molar-refractivity contribution in [2.24, 2.45) is 0 Å². The molecule has 0 bridgehead atoms. The number of esters is 1. The minimum atomic E-state index is -1.42. The number of rotatable bonds is 5. The number of nitrogens with one attached hydrogen (secondary N) is 1. The summed E-state index contributed by atoms with van der Waals surface area (Å²) in [6.45, 7) is 6.74. The summed E-state index contributed by atoms with van der Waals surface area (Å²) in [5.74, 6) is -0.565. The molecule has 1 aliphatic heterocycles. The summed E-state index contributed by atoms with van der Waals surface area (Å²) >= 11 is 0. The Hall–Kier alpha value is -0.650. The molecule has 0 amide bonds. The summed E-state index contributed by atoms with van der Waals surface area (Å²) < 4.78 is 4.62. The molecular formula is C12H24N2O3. The molecule has 0 aliphatic carbocycles. The van der Waals surface area contributed by atoms with E-state index < -0.39 is 11.6 Å². The van der Waals surface area contributed by atoms with Gasteiger partial charge in [-0.1, -0.05) is 6.92 Å². The first-order valence-electron chi connectivity index (χ1n) is 6.27. The Morgan fingerprint density at radius 1 is 1.53 bits per heavy atom. The van der Waals surface area contributed by atoms with Crippen LogP contribution in [0.5, 0.6) is 0 Å². The Labute approximate surface area is 103 Å². The summed E-state index contributed by atoms with van der Waals surface area (Å²) in [4.78, 5) is 13.6. The van der Waals surface area contributed by atoms with E-state index in [1.807, 2.05) is 0 Å². The lowest BCUT2D eigenvalue weighted by atomic mass is 10.0. The third-order valence-corrected chi connectivity index (χ3v) is 3.37. The highest BCUT2D eigenvalue weighted by Crippen LogP contribution is 2.16. The zero-order valence-corrected chi connectivity index (χ0v) is 11.0. The van der Waals surface area contributed by atoms with Crippen molar-refractivity contribution in [2.45, 2.75) is 38.3 Å². The zero-order chi connectivity index (χ0) is 12.9. The normalized spacial score (nSPS) is 21.2. The molecule has 0 saturated carbocycles. The Kier molecular flexibility index (Phi) is 5.36. The van der Waals surface area contributed by atoms with Crippen molar-refractivity contribution in [3.8, 4) is 0 Å². The lowest BCUT2D eigenvalue weighted by molar-refractivity contribution is -0.163. The lowest BCUT2D eigenvalue weighted by Crippen LogP contribution is -2.52. The first-order valence-corrected chi connectivity index (χ1v) is 6.27. The Morgan fingerprint density at radius 2 is 2.12 bits per heavy atom. The first kappa shape index (κ1) is 14.4. The van der Waals surface area contributed by atoms with Gasteiger partial charge >= 0.3 is 5.97 Å². The van der Waals surface area contributed by atoms with E-state index in [1.54, 1.807) is 0 Å². The molecule has 1 unspecified atom stereocenters. The number of ether oxygens (including phenoxy) is 1. The maximum absolute atomic E-state index is 11.5. The van der Waals surface area contributed by atoms with Gasteiger partial charge in [0.15, 0.2) is 5.60 Å². The quantitative estimate of drug-likeness (QED) is 0.666. The number of hydrogen-bond donors (Lipinski definition) is 2. The van der Waals surface area contributed by atoms with Crippen molar-refractivity contribution >= 4 is 5.97 Å². The number of likely N-dealkylation sites (N-methyl/N-ethyl adjacent to an activating group) is 1. The van der Waals surface area contributed by atoms with Crippen LogP contribution in [0.2, 0.25) is 0 Å². The summed E-state index contributed by atoms with van der Waals surface area (Å²) in [6, 6.07) is 0.442. The summed E-state index contributed by atoms with van der Waals surface area (Å²) in [7, 11) is 1.30. The van der Waals surface area contributed by atoms with E-state index >= 15 is 0 Å². The maximum Gasteiger partial charge on any atom is 0.338 e. The first-order chi connectivity index (χ1) is 8.01. The fourth-order valence-electron chi connectivity index (χ4n) is 2.35. The van der Waals surface area contributed by atoms with Gasteiger partial charge in [0.25, 0.3) is 0 Å². The topological polar surface area (TPSA) is 61.8 Å². The average Bonchev–Trinajstić information content (AvgIpc) is 2.36. The highest BCUT2D eigenvalue weighted by atomic mass is 16.5. The summed E-state index contributed by atoms with van der Waals surface area (Å²) in [5.41, 5.74) is -1.42. The van der Waals surface area contributed by atoms with Crippen LogP contribution in [0.3, 0.4) is 0 Å². The fourth-order valence-corrected chi connectivity index (χ4v) is 2.35. The van der Waals surface area contributed by atoms with Crippen LogP contribution in [0.25, 0.3) is 0 Å². The number of carbonyl (C=O) groups excluding carboxylic acids is 1. The van der Waals surface area contributed by atoms with Crippen LogP contribution in [0, 0.1) is 0 Å². The van der Waals surface area contributed by atoms with Crippen molar-refractivity contribution in [3.05, 3.63) is 0 Å². The number of aliphatic hydroxyl groups is 1. The number of nitrogens with zero attached hydrogens (tertiary/aromatic N) is 1. The van der Waals surface area contributed by atoms with E-state index in [4.69, 9.17) is 0 Å². The minimum Gasteiger partial charge on any atom is -0.467 e. The van der Waals surface area contributed by atoms with Gasteiger partial charge in [0.1, 0.15) is 0 Å². The Balaban J connectivity index is 2.58. The van der Waals surface area contributed by atoms with E-state index in [1.165, 1.54) is 14.0 Å². The van der Waals surface area contributed by atoms with E-state index in [2.05, 4.69) is 21.9 Å². The predicted molar refractivity (Wildman–Crippen MR) is 65.8 cm³/mol. The fraction of sp³-hybridized carbons (Fsp3) is 0.917. The number of hydrogen-bond acceptors (Lipinski definition) is 5. The number of piperidine rings is 1. The largest absolute Gasteiger partial charge is 0.467 e. The lowest BCUT2D eigenvalue weighted by Gasteiger charge is -2.37. The molecule has 100 valence electrons. The molecule has 1 saturated heterocycles. The maximum atomic E-state index is 11.5. The minimum absolute atomic E-state index is 0.334.